The lowest BCUT2D eigenvalue weighted by Gasteiger charge is -2.00. The summed E-state index contributed by atoms with van der Waals surface area (Å²) in [6, 6.07) is 10.5. The summed E-state index contributed by atoms with van der Waals surface area (Å²) in [5, 5.41) is 4.17. The van der Waals surface area contributed by atoms with Gasteiger partial charge in [0, 0.05) is 18.0 Å². The van der Waals surface area contributed by atoms with E-state index in [-0.39, 0.29) is 11.9 Å². The number of carbonyl (C=O) groups is 1. The van der Waals surface area contributed by atoms with Crippen LogP contribution >= 0.6 is 0 Å². The maximum atomic E-state index is 12.3. The number of anilines is 1. The molecule has 0 saturated carbocycles. The van der Waals surface area contributed by atoms with Crippen LogP contribution in [0.3, 0.4) is 0 Å². The number of nitrogens with two attached hydrogens (primary N) is 1. The molecule has 0 saturated heterocycles. The van der Waals surface area contributed by atoms with Crippen LogP contribution in [0.4, 0.5) is 5.95 Å². The third-order valence-corrected chi connectivity index (χ3v) is 3.08. The summed E-state index contributed by atoms with van der Waals surface area (Å²) in [5.41, 5.74) is 6.93. The predicted molar refractivity (Wildman–Crippen MR) is 80.4 cm³/mol. The van der Waals surface area contributed by atoms with E-state index in [9.17, 15) is 4.79 Å². The first-order valence-electron chi connectivity index (χ1n) is 6.50. The largest absolute Gasteiger partial charge is 0.497 e. The SMILES string of the molecule is COc1ccc(-c2nc(N)n(C(=O)c3cccnc3)n2)cc1. The molecule has 3 aromatic rings. The number of aromatic nitrogens is 4. The van der Waals surface area contributed by atoms with Gasteiger partial charge in [-0.05, 0) is 36.4 Å². The highest BCUT2D eigenvalue weighted by molar-refractivity contribution is 5.96. The van der Waals surface area contributed by atoms with Crippen LogP contribution in [0.1, 0.15) is 10.4 Å². The van der Waals surface area contributed by atoms with Crippen molar-refractivity contribution in [2.24, 2.45) is 0 Å². The Hall–Kier alpha value is -3.22. The quantitative estimate of drug-likeness (QED) is 0.788. The summed E-state index contributed by atoms with van der Waals surface area (Å²) in [5.74, 6) is 0.748. The zero-order valence-corrected chi connectivity index (χ0v) is 11.8. The molecule has 22 heavy (non-hydrogen) atoms. The number of rotatable bonds is 3. The number of methoxy groups -OCH3 is 1. The van der Waals surface area contributed by atoms with Crippen molar-refractivity contribution >= 4 is 11.9 Å². The van der Waals surface area contributed by atoms with Crippen molar-refractivity contribution in [2.45, 2.75) is 0 Å². The van der Waals surface area contributed by atoms with E-state index in [0.717, 1.165) is 16.0 Å². The normalized spacial score (nSPS) is 10.4. The lowest BCUT2D eigenvalue weighted by Crippen LogP contribution is -2.16. The first-order chi connectivity index (χ1) is 10.7. The Balaban J connectivity index is 1.95. The highest BCUT2D eigenvalue weighted by Gasteiger charge is 2.16. The smallest absolute Gasteiger partial charge is 0.282 e. The van der Waals surface area contributed by atoms with Gasteiger partial charge >= 0.3 is 0 Å². The van der Waals surface area contributed by atoms with Gasteiger partial charge < -0.3 is 10.5 Å². The lowest BCUT2D eigenvalue weighted by atomic mass is 10.2. The molecule has 3 rings (SSSR count). The molecule has 0 unspecified atom stereocenters. The fourth-order valence-electron chi connectivity index (χ4n) is 1.95. The number of hydrogen-bond acceptors (Lipinski definition) is 6. The maximum absolute atomic E-state index is 12.3. The molecular weight excluding hydrogens is 282 g/mol. The number of nitrogens with zero attached hydrogens (tertiary/aromatic N) is 4. The third kappa shape index (κ3) is 2.51. The zero-order valence-electron chi connectivity index (χ0n) is 11.8. The van der Waals surface area contributed by atoms with Gasteiger partial charge in [-0.1, -0.05) is 0 Å². The van der Waals surface area contributed by atoms with E-state index >= 15 is 0 Å². The van der Waals surface area contributed by atoms with Crippen LogP contribution in [0.15, 0.2) is 48.8 Å². The summed E-state index contributed by atoms with van der Waals surface area (Å²) >= 11 is 0. The number of carbonyl (C=O) groups excluding carboxylic acids is 1. The molecule has 7 nitrogen and oxygen atoms in total. The van der Waals surface area contributed by atoms with Crippen molar-refractivity contribution in [1.29, 1.82) is 0 Å². The summed E-state index contributed by atoms with van der Waals surface area (Å²) in [4.78, 5) is 20.4. The van der Waals surface area contributed by atoms with Crippen LogP contribution in [-0.2, 0) is 0 Å². The molecule has 0 bridgehead atoms. The predicted octanol–water partition coefficient (Wildman–Crippen LogP) is 1.62. The molecule has 7 heteroatoms. The Bertz CT molecular complexity index is 797. The number of benzene rings is 1. The first-order valence-corrected chi connectivity index (χ1v) is 6.50. The van der Waals surface area contributed by atoms with Crippen molar-refractivity contribution in [1.82, 2.24) is 19.7 Å². The Kier molecular flexibility index (Phi) is 3.53. The van der Waals surface area contributed by atoms with E-state index in [0.29, 0.717) is 11.4 Å². The maximum Gasteiger partial charge on any atom is 0.282 e. The van der Waals surface area contributed by atoms with E-state index < -0.39 is 0 Å². The minimum absolute atomic E-state index is 0.0275. The number of hydrogen-bond donors (Lipinski definition) is 1. The summed E-state index contributed by atoms with van der Waals surface area (Å²) in [6.45, 7) is 0. The van der Waals surface area contributed by atoms with Crippen LogP contribution < -0.4 is 10.5 Å². The van der Waals surface area contributed by atoms with E-state index in [4.69, 9.17) is 10.5 Å². The van der Waals surface area contributed by atoms with Gasteiger partial charge in [0.1, 0.15) is 5.75 Å². The van der Waals surface area contributed by atoms with Crippen molar-refractivity contribution < 1.29 is 9.53 Å². The van der Waals surface area contributed by atoms with Crippen molar-refractivity contribution in [2.75, 3.05) is 12.8 Å². The molecule has 2 aromatic heterocycles. The molecule has 0 amide bonds. The molecule has 0 spiro atoms. The van der Waals surface area contributed by atoms with Crippen LogP contribution in [0.2, 0.25) is 0 Å². The number of ether oxygens (including phenoxy) is 1. The average molecular weight is 295 g/mol. The van der Waals surface area contributed by atoms with Crippen molar-refractivity contribution in [3.8, 4) is 17.1 Å². The van der Waals surface area contributed by atoms with Gasteiger partial charge in [-0.25, -0.2) is 0 Å². The molecule has 0 aliphatic heterocycles. The lowest BCUT2D eigenvalue weighted by molar-refractivity contribution is 0.0947. The minimum atomic E-state index is -0.377. The van der Waals surface area contributed by atoms with Gasteiger partial charge in [-0.3, -0.25) is 9.78 Å². The fraction of sp³-hybridized carbons (Fsp3) is 0.0667. The third-order valence-electron chi connectivity index (χ3n) is 3.08. The molecular formula is C15H13N5O2. The van der Waals surface area contributed by atoms with Crippen LogP contribution in [0.5, 0.6) is 5.75 Å². The molecule has 0 aliphatic rings. The molecule has 0 radical (unpaired) electrons. The topological polar surface area (TPSA) is 95.9 Å². The van der Waals surface area contributed by atoms with Crippen LogP contribution in [-0.4, -0.2) is 32.8 Å². The Labute approximate surface area is 126 Å². The minimum Gasteiger partial charge on any atom is -0.497 e. The highest BCUT2D eigenvalue weighted by Crippen LogP contribution is 2.20. The summed E-state index contributed by atoms with van der Waals surface area (Å²) in [7, 11) is 1.59. The van der Waals surface area contributed by atoms with Crippen LogP contribution in [0, 0.1) is 0 Å². The molecule has 0 atom stereocenters. The Morgan fingerprint density at radius 2 is 2.00 bits per heavy atom. The summed E-state index contributed by atoms with van der Waals surface area (Å²) < 4.78 is 6.16. The molecule has 2 heterocycles. The van der Waals surface area contributed by atoms with Crippen molar-refractivity contribution in [3.63, 3.8) is 0 Å². The Morgan fingerprint density at radius 3 is 2.64 bits per heavy atom. The van der Waals surface area contributed by atoms with Crippen molar-refractivity contribution in [3.05, 3.63) is 54.4 Å². The second kappa shape index (κ2) is 5.65. The summed E-state index contributed by atoms with van der Waals surface area (Å²) in [6.07, 6.45) is 3.04. The molecule has 0 aliphatic carbocycles. The second-order valence-corrected chi connectivity index (χ2v) is 4.48. The van der Waals surface area contributed by atoms with Gasteiger partial charge in [0.15, 0.2) is 5.82 Å². The molecule has 0 fully saturated rings. The second-order valence-electron chi connectivity index (χ2n) is 4.48. The molecule has 1 aromatic carbocycles. The first kappa shape index (κ1) is 13.7. The fourth-order valence-corrected chi connectivity index (χ4v) is 1.95. The van der Waals surface area contributed by atoms with Crippen LogP contribution in [0.25, 0.3) is 11.4 Å². The van der Waals surface area contributed by atoms with E-state index in [1.54, 1.807) is 49.7 Å². The van der Waals surface area contributed by atoms with E-state index in [1.165, 1.54) is 6.20 Å². The van der Waals surface area contributed by atoms with Gasteiger partial charge in [0.05, 0.1) is 12.7 Å². The van der Waals surface area contributed by atoms with Gasteiger partial charge in [-0.15, -0.1) is 5.10 Å². The number of nitrogen functional groups attached to an aromatic ring is 1. The molecule has 2 N–H and O–H groups in total. The standard InChI is InChI=1S/C15H13N5O2/c1-22-12-6-4-10(5-7-12)13-18-15(16)20(19-13)14(21)11-3-2-8-17-9-11/h2-9H,1H3,(H2,16,18,19). The average Bonchev–Trinajstić information content (AvgIpc) is 2.97. The van der Waals surface area contributed by atoms with Gasteiger partial charge in [0.2, 0.25) is 5.95 Å². The highest BCUT2D eigenvalue weighted by atomic mass is 16.5. The monoisotopic (exact) mass is 295 g/mol. The zero-order chi connectivity index (χ0) is 15.5. The Morgan fingerprint density at radius 1 is 1.23 bits per heavy atom. The number of pyridine rings is 1. The van der Waals surface area contributed by atoms with Gasteiger partial charge in [-0.2, -0.15) is 9.67 Å². The van der Waals surface area contributed by atoms with Gasteiger partial charge in [0.25, 0.3) is 5.91 Å². The molecule has 110 valence electrons. The van der Waals surface area contributed by atoms with E-state index in [1.807, 2.05) is 0 Å². The van der Waals surface area contributed by atoms with E-state index in [2.05, 4.69) is 15.1 Å².